The molecule has 3 N–H and O–H groups in total. The first-order chi connectivity index (χ1) is 17.9. The molecule has 3 fully saturated rings. The van der Waals surface area contributed by atoms with Gasteiger partial charge in [-0.3, -0.25) is 14.9 Å². The second-order valence-corrected chi connectivity index (χ2v) is 9.10. The third kappa shape index (κ3) is 4.32. The number of fused-ring (bicyclic) bond motifs is 1. The maximum absolute atomic E-state index is 14.1. The van der Waals surface area contributed by atoms with Crippen molar-refractivity contribution in [3.63, 3.8) is 0 Å². The Morgan fingerprint density at radius 1 is 1.11 bits per heavy atom. The number of halogens is 2. The first-order valence-corrected chi connectivity index (χ1v) is 11.8. The largest absolute Gasteiger partial charge is 0.367 e. The van der Waals surface area contributed by atoms with Gasteiger partial charge in [0.2, 0.25) is 0 Å². The lowest BCUT2D eigenvalue weighted by molar-refractivity contribution is -0.115. The number of benzene rings is 1. The molecule has 190 valence electrons. The van der Waals surface area contributed by atoms with E-state index in [1.54, 1.807) is 10.7 Å². The van der Waals surface area contributed by atoms with Crippen LogP contribution in [0.25, 0.3) is 11.7 Å². The number of hydrogen-bond donors (Lipinski definition) is 3. The molecule has 0 radical (unpaired) electrons. The van der Waals surface area contributed by atoms with Gasteiger partial charge in [-0.25, -0.2) is 18.6 Å². The highest BCUT2D eigenvalue weighted by Crippen LogP contribution is 2.29. The molecule has 1 aliphatic carbocycles. The molecule has 1 saturated carbocycles. The van der Waals surface area contributed by atoms with Gasteiger partial charge >= 0.3 is 6.03 Å². The zero-order valence-corrected chi connectivity index (χ0v) is 19.5. The van der Waals surface area contributed by atoms with Gasteiger partial charge in [-0.2, -0.15) is 9.61 Å². The predicted octanol–water partition coefficient (Wildman–Crippen LogP) is 1.72. The summed E-state index contributed by atoms with van der Waals surface area (Å²) in [6.07, 6.45) is 5.17. The number of imide groups is 1. The van der Waals surface area contributed by atoms with Gasteiger partial charge in [0, 0.05) is 43.9 Å². The number of hydrogen-bond acceptors (Lipinski definition) is 7. The Morgan fingerprint density at radius 3 is 2.59 bits per heavy atom. The molecule has 3 aliphatic rings. The molecule has 0 unspecified atom stereocenters. The first-order valence-electron chi connectivity index (χ1n) is 11.8. The Labute approximate surface area is 209 Å². The molecule has 2 aromatic heterocycles. The first kappa shape index (κ1) is 22.9. The van der Waals surface area contributed by atoms with Gasteiger partial charge in [-0.1, -0.05) is 6.07 Å². The van der Waals surface area contributed by atoms with Crippen molar-refractivity contribution in [2.75, 3.05) is 36.4 Å². The highest BCUT2D eigenvalue weighted by Gasteiger charge is 2.28. The van der Waals surface area contributed by atoms with Gasteiger partial charge < -0.3 is 20.4 Å². The van der Waals surface area contributed by atoms with Gasteiger partial charge in [-0.15, -0.1) is 0 Å². The number of nitrogens with one attached hydrogen (secondary N) is 3. The van der Waals surface area contributed by atoms with Crippen LogP contribution < -0.4 is 20.9 Å². The van der Waals surface area contributed by atoms with Crippen LogP contribution in [0.4, 0.5) is 25.2 Å². The second-order valence-electron chi connectivity index (χ2n) is 9.10. The van der Waals surface area contributed by atoms with Gasteiger partial charge in [0.15, 0.2) is 17.3 Å². The lowest BCUT2D eigenvalue weighted by Crippen LogP contribution is -2.49. The summed E-state index contributed by atoms with van der Waals surface area (Å²) in [6, 6.07) is 5.19. The number of anilines is 2. The molecule has 1 aromatic carbocycles. The third-order valence-electron chi connectivity index (χ3n) is 6.51. The SMILES string of the molecule is O=C1NC(=O)/C(=C/c2cnn3c(NC4CC4)cc(N4CCN(C(=O)c5cccc(F)c5F)CC4)nc23)N1. The summed E-state index contributed by atoms with van der Waals surface area (Å²) in [4.78, 5) is 44.6. The molecule has 0 atom stereocenters. The molecule has 37 heavy (non-hydrogen) atoms. The fourth-order valence-corrected chi connectivity index (χ4v) is 4.39. The minimum atomic E-state index is -1.15. The van der Waals surface area contributed by atoms with Crippen molar-refractivity contribution in [3.8, 4) is 0 Å². The number of carbonyl (C=O) groups is 3. The minimum absolute atomic E-state index is 0.0977. The van der Waals surface area contributed by atoms with E-state index >= 15 is 0 Å². The lowest BCUT2D eigenvalue weighted by Gasteiger charge is -2.35. The summed E-state index contributed by atoms with van der Waals surface area (Å²) in [6.45, 7) is 1.46. The molecule has 3 aromatic rings. The predicted molar refractivity (Wildman–Crippen MR) is 129 cm³/mol. The fraction of sp³-hybridized carbons (Fsp3) is 0.292. The van der Waals surface area contributed by atoms with Crippen LogP contribution in [0.1, 0.15) is 28.8 Å². The van der Waals surface area contributed by atoms with Crippen LogP contribution in [0.2, 0.25) is 0 Å². The van der Waals surface area contributed by atoms with Crippen LogP contribution in [0.3, 0.4) is 0 Å². The topological polar surface area (TPSA) is 124 Å². The summed E-state index contributed by atoms with van der Waals surface area (Å²) in [7, 11) is 0. The van der Waals surface area contributed by atoms with Crippen molar-refractivity contribution >= 4 is 41.2 Å². The van der Waals surface area contributed by atoms with Crippen molar-refractivity contribution in [2.24, 2.45) is 0 Å². The third-order valence-corrected chi connectivity index (χ3v) is 6.51. The van der Waals surface area contributed by atoms with E-state index in [1.165, 1.54) is 23.1 Å². The van der Waals surface area contributed by atoms with Crippen molar-refractivity contribution in [1.29, 1.82) is 0 Å². The average molecular weight is 508 g/mol. The Balaban J connectivity index is 1.27. The quantitative estimate of drug-likeness (QED) is 0.354. The van der Waals surface area contributed by atoms with Gasteiger partial charge in [-0.05, 0) is 31.1 Å². The molecule has 13 heteroatoms. The Hall–Kier alpha value is -4.55. The van der Waals surface area contributed by atoms with Crippen LogP contribution in [0.5, 0.6) is 0 Å². The standard InChI is InChI=1S/C24H22F2N8O3/c25-16-3-1-2-15(20(16)26)23(36)33-8-6-32(7-9-33)18-11-19(28-14-4-5-14)34-21(30-18)13(12-27-34)10-17-22(35)31-24(37)29-17/h1-3,10-12,14,28H,4-9H2,(H2,29,31,35,37)/b17-10-. The molecule has 2 saturated heterocycles. The monoisotopic (exact) mass is 508 g/mol. The van der Waals surface area contributed by atoms with Crippen molar-refractivity contribution < 1.29 is 23.2 Å². The number of carbonyl (C=O) groups excluding carboxylic acids is 3. The fourth-order valence-electron chi connectivity index (χ4n) is 4.39. The normalized spacial score (nSPS) is 18.9. The summed E-state index contributed by atoms with van der Waals surface area (Å²) in [5.74, 6) is -1.93. The van der Waals surface area contributed by atoms with Crippen LogP contribution in [-0.4, -0.2) is 69.6 Å². The molecule has 4 amide bonds. The number of rotatable bonds is 5. The number of piperazine rings is 1. The summed E-state index contributed by atoms with van der Waals surface area (Å²) in [5.41, 5.74) is 0.843. The highest BCUT2D eigenvalue weighted by molar-refractivity contribution is 6.14. The van der Waals surface area contributed by atoms with E-state index in [-0.39, 0.29) is 11.3 Å². The smallest absolute Gasteiger partial charge is 0.326 e. The summed E-state index contributed by atoms with van der Waals surface area (Å²) in [5, 5.41) is 12.5. The highest BCUT2D eigenvalue weighted by atomic mass is 19.2. The average Bonchev–Trinajstić information content (AvgIpc) is 3.53. The molecule has 0 spiro atoms. The minimum Gasteiger partial charge on any atom is -0.367 e. The number of aromatic nitrogens is 3. The molecule has 4 heterocycles. The Bertz CT molecular complexity index is 1470. The molecular weight excluding hydrogens is 486 g/mol. The Morgan fingerprint density at radius 2 is 1.89 bits per heavy atom. The maximum Gasteiger partial charge on any atom is 0.326 e. The Kier molecular flexibility index (Phi) is 5.46. The molecule has 0 bridgehead atoms. The van der Waals surface area contributed by atoms with Gasteiger partial charge in [0.1, 0.15) is 17.3 Å². The van der Waals surface area contributed by atoms with Crippen molar-refractivity contribution in [3.05, 3.63) is 58.9 Å². The lowest BCUT2D eigenvalue weighted by atomic mass is 10.1. The van der Waals surface area contributed by atoms with E-state index in [0.29, 0.717) is 49.2 Å². The number of nitrogens with zero attached hydrogens (tertiary/aromatic N) is 5. The van der Waals surface area contributed by atoms with E-state index in [4.69, 9.17) is 4.98 Å². The zero-order valence-electron chi connectivity index (χ0n) is 19.5. The van der Waals surface area contributed by atoms with E-state index in [2.05, 4.69) is 21.0 Å². The maximum atomic E-state index is 14.1. The number of amides is 4. The molecule has 6 rings (SSSR count). The van der Waals surface area contributed by atoms with Crippen LogP contribution in [-0.2, 0) is 4.79 Å². The number of urea groups is 1. The van der Waals surface area contributed by atoms with Crippen molar-refractivity contribution in [1.82, 2.24) is 30.1 Å². The second kappa shape index (κ2) is 8.84. The van der Waals surface area contributed by atoms with Crippen molar-refractivity contribution in [2.45, 2.75) is 18.9 Å². The van der Waals surface area contributed by atoms with E-state index in [0.717, 1.165) is 24.7 Å². The van der Waals surface area contributed by atoms with E-state index < -0.39 is 29.5 Å². The molecule has 2 aliphatic heterocycles. The van der Waals surface area contributed by atoms with Gasteiger partial charge in [0.25, 0.3) is 11.8 Å². The summed E-state index contributed by atoms with van der Waals surface area (Å²) < 4.78 is 29.4. The van der Waals surface area contributed by atoms with Crippen LogP contribution in [0.15, 0.2) is 36.2 Å². The van der Waals surface area contributed by atoms with Crippen LogP contribution >= 0.6 is 0 Å². The summed E-state index contributed by atoms with van der Waals surface area (Å²) >= 11 is 0. The zero-order chi connectivity index (χ0) is 25.7. The molecule has 11 nitrogen and oxygen atoms in total. The molecular formula is C24H22F2N8O3. The van der Waals surface area contributed by atoms with Crippen LogP contribution in [0, 0.1) is 11.6 Å². The van der Waals surface area contributed by atoms with E-state index in [1.807, 2.05) is 11.0 Å². The van der Waals surface area contributed by atoms with E-state index in [9.17, 15) is 23.2 Å². The van der Waals surface area contributed by atoms with Gasteiger partial charge in [0.05, 0.1) is 11.8 Å².